The molecule has 0 N–H and O–H groups in total. The van der Waals surface area contributed by atoms with Crippen LogP contribution >= 0.6 is 0 Å². The van der Waals surface area contributed by atoms with Crippen LogP contribution in [0.25, 0.3) is 0 Å². The van der Waals surface area contributed by atoms with Crippen LogP contribution in [-0.2, 0) is 6.54 Å². The molecule has 2 rings (SSSR count). The highest BCUT2D eigenvalue weighted by molar-refractivity contribution is 5.79. The normalized spacial score (nSPS) is 11.4. The number of alkyl halides is 3. The quantitative estimate of drug-likeness (QED) is 0.458. The number of benzene rings is 2. The maximum atomic E-state index is 12.2. The van der Waals surface area contributed by atoms with E-state index in [1.54, 1.807) is 18.3 Å². The fraction of sp³-hybridized carbons (Fsp3) is 0.250. The summed E-state index contributed by atoms with van der Waals surface area (Å²) in [7, 11) is 1.61. The third kappa shape index (κ3) is 6.69. The zero-order chi connectivity index (χ0) is 19.9. The Balaban J connectivity index is 2.09. The summed E-state index contributed by atoms with van der Waals surface area (Å²) in [6.07, 6.45) is -2.42. The highest BCUT2D eigenvalue weighted by atomic mass is 19.4. The second-order valence-electron chi connectivity index (χ2n) is 5.69. The molecular weight excluding hydrogens is 357 g/mol. The third-order valence-corrected chi connectivity index (χ3v) is 3.72. The van der Waals surface area contributed by atoms with Crippen molar-refractivity contribution in [3.05, 3.63) is 71.9 Å². The zero-order valence-corrected chi connectivity index (χ0v) is 15.2. The minimum absolute atomic E-state index is 0.271. The number of rotatable bonds is 8. The lowest BCUT2D eigenvalue weighted by Gasteiger charge is -2.20. The SMILES string of the molecule is C=C(CC)N(Cc1ccc(OC)cc1)/N=C/c1ccc(OC(F)(F)F)cc1. The highest BCUT2D eigenvalue weighted by Crippen LogP contribution is 2.22. The Morgan fingerprint density at radius 2 is 1.67 bits per heavy atom. The molecule has 0 fully saturated rings. The van der Waals surface area contributed by atoms with E-state index < -0.39 is 6.36 Å². The van der Waals surface area contributed by atoms with E-state index in [1.807, 2.05) is 31.2 Å². The van der Waals surface area contributed by atoms with Crippen molar-refractivity contribution in [1.29, 1.82) is 0 Å². The van der Waals surface area contributed by atoms with Crippen LogP contribution in [0.2, 0.25) is 0 Å². The van der Waals surface area contributed by atoms with Gasteiger partial charge in [-0.3, -0.25) is 5.01 Å². The number of hydrogen-bond donors (Lipinski definition) is 0. The lowest BCUT2D eigenvalue weighted by atomic mass is 10.2. The van der Waals surface area contributed by atoms with Gasteiger partial charge in [-0.15, -0.1) is 13.2 Å². The van der Waals surface area contributed by atoms with Crippen molar-refractivity contribution >= 4 is 6.21 Å². The average molecular weight is 378 g/mol. The molecule has 0 amide bonds. The monoisotopic (exact) mass is 378 g/mol. The maximum Gasteiger partial charge on any atom is 0.573 e. The van der Waals surface area contributed by atoms with Crippen LogP contribution in [0.3, 0.4) is 0 Å². The number of halogens is 3. The average Bonchev–Trinajstić information content (AvgIpc) is 2.65. The van der Waals surface area contributed by atoms with Gasteiger partial charge in [0.05, 0.1) is 19.9 Å². The lowest BCUT2D eigenvalue weighted by Crippen LogP contribution is -2.17. The summed E-state index contributed by atoms with van der Waals surface area (Å²) in [6.45, 7) is 6.50. The molecule has 2 aromatic carbocycles. The van der Waals surface area contributed by atoms with Gasteiger partial charge in [0.25, 0.3) is 0 Å². The molecule has 2 aromatic rings. The molecule has 0 heterocycles. The number of ether oxygens (including phenoxy) is 2. The van der Waals surface area contributed by atoms with Gasteiger partial charge in [-0.05, 0) is 53.9 Å². The molecule has 7 heteroatoms. The van der Waals surface area contributed by atoms with Crippen LogP contribution in [0.5, 0.6) is 11.5 Å². The van der Waals surface area contributed by atoms with E-state index in [0.717, 1.165) is 17.0 Å². The van der Waals surface area contributed by atoms with Crippen LogP contribution in [0, 0.1) is 0 Å². The zero-order valence-electron chi connectivity index (χ0n) is 15.2. The molecule has 0 spiro atoms. The van der Waals surface area contributed by atoms with E-state index in [2.05, 4.69) is 16.4 Å². The number of nitrogens with zero attached hydrogens (tertiary/aromatic N) is 2. The van der Waals surface area contributed by atoms with Crippen LogP contribution in [-0.4, -0.2) is 24.7 Å². The standard InChI is InChI=1S/C20H21F3N2O2/c1-4-15(2)25(14-17-7-9-18(26-3)10-8-17)24-13-16-5-11-19(12-6-16)27-20(21,22)23/h5-13H,2,4,14H2,1,3H3/b24-13+. The van der Waals surface area contributed by atoms with Gasteiger partial charge in [0, 0.05) is 5.70 Å². The first kappa shape index (κ1) is 20.4. The molecule has 0 aliphatic carbocycles. The first-order valence-electron chi connectivity index (χ1n) is 8.28. The molecular formula is C20H21F3N2O2. The van der Waals surface area contributed by atoms with E-state index >= 15 is 0 Å². The Morgan fingerprint density at radius 1 is 1.07 bits per heavy atom. The Morgan fingerprint density at radius 3 is 2.19 bits per heavy atom. The van der Waals surface area contributed by atoms with Crippen molar-refractivity contribution in [2.75, 3.05) is 7.11 Å². The topological polar surface area (TPSA) is 34.1 Å². The highest BCUT2D eigenvalue weighted by Gasteiger charge is 2.30. The molecule has 27 heavy (non-hydrogen) atoms. The minimum Gasteiger partial charge on any atom is -0.497 e. The minimum atomic E-state index is -4.70. The van der Waals surface area contributed by atoms with Gasteiger partial charge in [-0.25, -0.2) is 0 Å². The molecule has 144 valence electrons. The Kier molecular flexibility index (Phi) is 6.87. The molecule has 0 aliphatic rings. The van der Waals surface area contributed by atoms with Gasteiger partial charge in [0.1, 0.15) is 11.5 Å². The second-order valence-corrected chi connectivity index (χ2v) is 5.69. The molecule has 4 nitrogen and oxygen atoms in total. The van der Waals surface area contributed by atoms with Gasteiger partial charge in [-0.2, -0.15) is 5.10 Å². The molecule has 0 atom stereocenters. The fourth-order valence-electron chi connectivity index (χ4n) is 2.21. The Bertz CT molecular complexity index is 769. The molecule has 0 aromatic heterocycles. The summed E-state index contributed by atoms with van der Waals surface area (Å²) in [6, 6.07) is 13.1. The smallest absolute Gasteiger partial charge is 0.497 e. The molecule has 0 saturated carbocycles. The predicted molar refractivity (Wildman–Crippen MR) is 98.7 cm³/mol. The maximum absolute atomic E-state index is 12.2. The van der Waals surface area contributed by atoms with Gasteiger partial charge >= 0.3 is 6.36 Å². The van der Waals surface area contributed by atoms with Gasteiger partial charge in [0.15, 0.2) is 0 Å². The van der Waals surface area contributed by atoms with Crippen molar-refractivity contribution in [3.8, 4) is 11.5 Å². The third-order valence-electron chi connectivity index (χ3n) is 3.72. The molecule has 0 unspecified atom stereocenters. The number of methoxy groups -OCH3 is 1. The molecule has 0 aliphatic heterocycles. The second kappa shape index (κ2) is 9.12. The van der Waals surface area contributed by atoms with Crippen molar-refractivity contribution in [3.63, 3.8) is 0 Å². The first-order chi connectivity index (χ1) is 12.8. The summed E-state index contributed by atoms with van der Waals surface area (Å²) < 4.78 is 45.6. The lowest BCUT2D eigenvalue weighted by molar-refractivity contribution is -0.274. The van der Waals surface area contributed by atoms with Crippen molar-refractivity contribution in [2.24, 2.45) is 5.10 Å². The van der Waals surface area contributed by atoms with E-state index in [-0.39, 0.29) is 5.75 Å². The summed E-state index contributed by atoms with van der Waals surface area (Å²) in [5, 5.41) is 6.17. The predicted octanol–water partition coefficient (Wildman–Crippen LogP) is 5.35. The van der Waals surface area contributed by atoms with Crippen molar-refractivity contribution in [2.45, 2.75) is 26.3 Å². The van der Waals surface area contributed by atoms with E-state index in [1.165, 1.54) is 24.3 Å². The van der Waals surface area contributed by atoms with E-state index in [4.69, 9.17) is 4.74 Å². The van der Waals surface area contributed by atoms with Crippen LogP contribution in [0.4, 0.5) is 13.2 Å². The Labute approximate surface area is 156 Å². The van der Waals surface area contributed by atoms with Crippen LogP contribution < -0.4 is 9.47 Å². The van der Waals surface area contributed by atoms with Gasteiger partial charge in [-0.1, -0.05) is 25.6 Å². The number of hydrogen-bond acceptors (Lipinski definition) is 4. The first-order valence-corrected chi connectivity index (χ1v) is 8.28. The largest absolute Gasteiger partial charge is 0.573 e. The van der Waals surface area contributed by atoms with Crippen molar-refractivity contribution < 1.29 is 22.6 Å². The summed E-state index contributed by atoms with van der Waals surface area (Å²) >= 11 is 0. The molecule has 0 bridgehead atoms. The molecule has 0 saturated heterocycles. The van der Waals surface area contributed by atoms with Crippen LogP contribution in [0.1, 0.15) is 24.5 Å². The Hall–Kier alpha value is -2.96. The fourth-order valence-corrected chi connectivity index (χ4v) is 2.21. The van der Waals surface area contributed by atoms with E-state index in [0.29, 0.717) is 18.5 Å². The van der Waals surface area contributed by atoms with Gasteiger partial charge in [0.2, 0.25) is 0 Å². The van der Waals surface area contributed by atoms with Crippen LogP contribution in [0.15, 0.2) is 65.9 Å². The molecule has 0 radical (unpaired) electrons. The summed E-state index contributed by atoms with van der Waals surface area (Å²) in [4.78, 5) is 0. The number of hydrazone groups is 1. The summed E-state index contributed by atoms with van der Waals surface area (Å²) in [5.41, 5.74) is 2.49. The van der Waals surface area contributed by atoms with Crippen molar-refractivity contribution in [1.82, 2.24) is 5.01 Å². The summed E-state index contributed by atoms with van der Waals surface area (Å²) in [5.74, 6) is 0.497. The van der Waals surface area contributed by atoms with E-state index in [9.17, 15) is 13.2 Å². The number of allylic oxidation sites excluding steroid dienone is 1. The van der Waals surface area contributed by atoms with Gasteiger partial charge < -0.3 is 9.47 Å².